The number of hydrogen-bond donors (Lipinski definition) is 1. The maximum atomic E-state index is 5.62. The van der Waals surface area contributed by atoms with Gasteiger partial charge in [-0.1, -0.05) is 12.8 Å². The summed E-state index contributed by atoms with van der Waals surface area (Å²) in [5.41, 5.74) is 0.239. The van der Waals surface area contributed by atoms with Crippen LogP contribution in [0.25, 0.3) is 0 Å². The largest absolute Gasteiger partial charge is 0.377 e. The molecule has 0 amide bonds. The van der Waals surface area contributed by atoms with Crippen LogP contribution in [0.2, 0.25) is 0 Å². The molecule has 1 N–H and O–H groups in total. The van der Waals surface area contributed by atoms with Crippen LogP contribution in [0.3, 0.4) is 0 Å². The summed E-state index contributed by atoms with van der Waals surface area (Å²) in [6.45, 7) is 6.62. The van der Waals surface area contributed by atoms with Gasteiger partial charge in [-0.05, 0) is 45.6 Å². The van der Waals surface area contributed by atoms with Crippen molar-refractivity contribution < 1.29 is 4.74 Å². The molecule has 1 aliphatic carbocycles. The molecule has 2 fully saturated rings. The van der Waals surface area contributed by atoms with E-state index < -0.39 is 0 Å². The molecular formula is C12H23NO. The lowest BCUT2D eigenvalue weighted by Crippen LogP contribution is -2.49. The highest BCUT2D eigenvalue weighted by Gasteiger charge is 2.36. The van der Waals surface area contributed by atoms with Crippen LogP contribution in [-0.2, 0) is 4.74 Å². The minimum Gasteiger partial charge on any atom is -0.377 e. The Morgan fingerprint density at radius 2 is 2.07 bits per heavy atom. The van der Waals surface area contributed by atoms with E-state index >= 15 is 0 Å². The van der Waals surface area contributed by atoms with Gasteiger partial charge in [0, 0.05) is 12.1 Å². The van der Waals surface area contributed by atoms with E-state index in [1.807, 2.05) is 0 Å². The van der Waals surface area contributed by atoms with Crippen molar-refractivity contribution in [3.05, 3.63) is 0 Å². The first-order valence-electron chi connectivity index (χ1n) is 6.07. The molecule has 82 valence electrons. The number of ether oxygens (including phenoxy) is 1. The minimum atomic E-state index is 0.239. The molecule has 2 aliphatic rings. The Kier molecular flexibility index (Phi) is 3.13. The van der Waals surface area contributed by atoms with E-state index in [4.69, 9.17) is 4.74 Å². The minimum absolute atomic E-state index is 0.239. The van der Waals surface area contributed by atoms with E-state index in [1.54, 1.807) is 0 Å². The third kappa shape index (κ3) is 2.12. The average Bonchev–Trinajstić information content (AvgIpc) is 2.75. The van der Waals surface area contributed by atoms with Crippen LogP contribution in [0, 0.1) is 5.92 Å². The Bertz CT molecular complexity index is 189. The normalized spacial score (nSPS) is 39.4. The maximum Gasteiger partial charge on any atom is 0.0726 e. The highest BCUT2D eigenvalue weighted by Crippen LogP contribution is 2.28. The van der Waals surface area contributed by atoms with Crippen LogP contribution >= 0.6 is 0 Å². The lowest BCUT2D eigenvalue weighted by molar-refractivity contribution is 0.0872. The zero-order valence-corrected chi connectivity index (χ0v) is 9.51. The first-order valence-corrected chi connectivity index (χ1v) is 6.07. The fraction of sp³-hybridized carbons (Fsp3) is 1.00. The molecule has 2 unspecified atom stereocenters. The van der Waals surface area contributed by atoms with Crippen molar-refractivity contribution in [2.24, 2.45) is 5.92 Å². The standard InChI is InChI=1S/C12H23NO/c1-10-12(2,7-8-14-10)13-9-11-5-3-4-6-11/h10-11,13H,3-9H2,1-2H3. The summed E-state index contributed by atoms with van der Waals surface area (Å²) in [6.07, 6.45) is 7.28. The third-order valence-electron chi connectivity index (χ3n) is 4.16. The maximum absolute atomic E-state index is 5.62. The fourth-order valence-corrected chi connectivity index (χ4v) is 2.66. The molecule has 1 saturated carbocycles. The smallest absolute Gasteiger partial charge is 0.0726 e. The van der Waals surface area contributed by atoms with Gasteiger partial charge in [0.25, 0.3) is 0 Å². The van der Waals surface area contributed by atoms with Crippen molar-refractivity contribution in [2.45, 2.75) is 57.6 Å². The molecule has 0 radical (unpaired) electrons. The van der Waals surface area contributed by atoms with Crippen LogP contribution in [0.4, 0.5) is 0 Å². The summed E-state index contributed by atoms with van der Waals surface area (Å²) in [7, 11) is 0. The van der Waals surface area contributed by atoms with Gasteiger partial charge in [-0.2, -0.15) is 0 Å². The molecule has 2 atom stereocenters. The molecule has 0 aromatic rings. The van der Waals surface area contributed by atoms with Crippen molar-refractivity contribution in [1.29, 1.82) is 0 Å². The number of hydrogen-bond acceptors (Lipinski definition) is 2. The predicted octanol–water partition coefficient (Wildman–Crippen LogP) is 2.33. The van der Waals surface area contributed by atoms with E-state index in [0.717, 1.165) is 12.5 Å². The Hall–Kier alpha value is -0.0800. The summed E-state index contributed by atoms with van der Waals surface area (Å²) >= 11 is 0. The molecular weight excluding hydrogens is 174 g/mol. The van der Waals surface area contributed by atoms with Crippen molar-refractivity contribution in [3.8, 4) is 0 Å². The van der Waals surface area contributed by atoms with Crippen molar-refractivity contribution in [1.82, 2.24) is 5.32 Å². The van der Waals surface area contributed by atoms with Gasteiger partial charge in [-0.3, -0.25) is 0 Å². The van der Waals surface area contributed by atoms with Crippen LogP contribution in [0.1, 0.15) is 46.0 Å². The highest BCUT2D eigenvalue weighted by molar-refractivity contribution is 4.94. The Morgan fingerprint density at radius 3 is 2.64 bits per heavy atom. The molecule has 1 aliphatic heterocycles. The predicted molar refractivity (Wildman–Crippen MR) is 58.4 cm³/mol. The molecule has 0 bridgehead atoms. The molecule has 1 saturated heterocycles. The lowest BCUT2D eigenvalue weighted by atomic mass is 9.93. The number of rotatable bonds is 3. The monoisotopic (exact) mass is 197 g/mol. The summed E-state index contributed by atoms with van der Waals surface area (Å²) in [5, 5.41) is 3.72. The van der Waals surface area contributed by atoms with Gasteiger partial charge in [-0.15, -0.1) is 0 Å². The van der Waals surface area contributed by atoms with E-state index in [1.165, 1.54) is 38.6 Å². The van der Waals surface area contributed by atoms with E-state index in [-0.39, 0.29) is 5.54 Å². The average molecular weight is 197 g/mol. The first kappa shape index (κ1) is 10.4. The lowest BCUT2D eigenvalue weighted by Gasteiger charge is -2.30. The zero-order chi connectivity index (χ0) is 10.0. The van der Waals surface area contributed by atoms with Crippen LogP contribution < -0.4 is 5.32 Å². The Balaban J connectivity index is 1.78. The molecule has 2 nitrogen and oxygen atoms in total. The second-order valence-electron chi connectivity index (χ2n) is 5.21. The molecule has 14 heavy (non-hydrogen) atoms. The highest BCUT2D eigenvalue weighted by atomic mass is 16.5. The SMILES string of the molecule is CC1OCCC1(C)NCC1CCCC1. The van der Waals surface area contributed by atoms with Crippen molar-refractivity contribution >= 4 is 0 Å². The first-order chi connectivity index (χ1) is 6.71. The second kappa shape index (κ2) is 4.19. The molecule has 2 rings (SSSR count). The summed E-state index contributed by atoms with van der Waals surface area (Å²) < 4.78 is 5.62. The Morgan fingerprint density at radius 1 is 1.36 bits per heavy atom. The van der Waals surface area contributed by atoms with Gasteiger partial charge in [-0.25, -0.2) is 0 Å². The number of nitrogens with one attached hydrogen (secondary N) is 1. The van der Waals surface area contributed by atoms with E-state index in [2.05, 4.69) is 19.2 Å². The third-order valence-corrected chi connectivity index (χ3v) is 4.16. The molecule has 2 heteroatoms. The molecule has 0 spiro atoms. The van der Waals surface area contributed by atoms with Crippen LogP contribution in [0.15, 0.2) is 0 Å². The quantitative estimate of drug-likeness (QED) is 0.750. The van der Waals surface area contributed by atoms with Crippen molar-refractivity contribution in [3.63, 3.8) is 0 Å². The van der Waals surface area contributed by atoms with Gasteiger partial charge < -0.3 is 10.1 Å². The summed E-state index contributed by atoms with van der Waals surface area (Å²) in [4.78, 5) is 0. The van der Waals surface area contributed by atoms with Gasteiger partial charge in [0.2, 0.25) is 0 Å². The fourth-order valence-electron chi connectivity index (χ4n) is 2.66. The zero-order valence-electron chi connectivity index (χ0n) is 9.51. The van der Waals surface area contributed by atoms with Crippen LogP contribution in [-0.4, -0.2) is 24.8 Å². The summed E-state index contributed by atoms with van der Waals surface area (Å²) in [6, 6.07) is 0. The molecule has 0 aromatic heterocycles. The van der Waals surface area contributed by atoms with Gasteiger partial charge in [0.05, 0.1) is 6.10 Å². The topological polar surface area (TPSA) is 21.3 Å². The van der Waals surface area contributed by atoms with E-state index in [0.29, 0.717) is 6.10 Å². The molecule has 1 heterocycles. The van der Waals surface area contributed by atoms with Crippen molar-refractivity contribution in [2.75, 3.05) is 13.2 Å². The summed E-state index contributed by atoms with van der Waals surface area (Å²) in [5.74, 6) is 0.930. The Labute approximate surface area is 87.4 Å². The van der Waals surface area contributed by atoms with Gasteiger partial charge >= 0.3 is 0 Å². The second-order valence-corrected chi connectivity index (χ2v) is 5.21. The molecule has 0 aromatic carbocycles. The van der Waals surface area contributed by atoms with Gasteiger partial charge in [0.15, 0.2) is 0 Å². The van der Waals surface area contributed by atoms with Crippen LogP contribution in [0.5, 0.6) is 0 Å². The van der Waals surface area contributed by atoms with E-state index in [9.17, 15) is 0 Å². The van der Waals surface area contributed by atoms with Gasteiger partial charge in [0.1, 0.15) is 0 Å².